The van der Waals surface area contributed by atoms with Gasteiger partial charge in [-0.2, -0.15) is 0 Å². The van der Waals surface area contributed by atoms with E-state index in [1.807, 2.05) is 51.2 Å². The molecule has 0 unspecified atom stereocenters. The van der Waals surface area contributed by atoms with Crippen LogP contribution in [0.3, 0.4) is 0 Å². The van der Waals surface area contributed by atoms with Gasteiger partial charge in [0.15, 0.2) is 0 Å². The first-order valence-electron chi connectivity index (χ1n) is 6.42. The summed E-state index contributed by atoms with van der Waals surface area (Å²) >= 11 is 0. The van der Waals surface area contributed by atoms with E-state index in [0.717, 1.165) is 16.5 Å². The van der Waals surface area contributed by atoms with Crippen LogP contribution in [0.1, 0.15) is 13.8 Å². The summed E-state index contributed by atoms with van der Waals surface area (Å²) in [5.41, 5.74) is 0.359. The number of amides is 1. The fourth-order valence-electron chi connectivity index (χ4n) is 2.14. The Morgan fingerprint density at radius 3 is 2.42 bits per heavy atom. The van der Waals surface area contributed by atoms with Crippen LogP contribution in [0.25, 0.3) is 10.8 Å². The lowest BCUT2D eigenvalue weighted by Gasteiger charge is -2.29. The number of hydrogen-bond donors (Lipinski definition) is 1. The molecule has 19 heavy (non-hydrogen) atoms. The van der Waals surface area contributed by atoms with Gasteiger partial charge in [-0.15, -0.1) is 0 Å². The van der Waals surface area contributed by atoms with E-state index in [-0.39, 0.29) is 5.91 Å². The minimum absolute atomic E-state index is 0.0475. The molecule has 0 aliphatic rings. The number of carbonyl (C=O) groups is 1. The van der Waals surface area contributed by atoms with Gasteiger partial charge in [-0.25, -0.2) is 0 Å². The monoisotopic (exact) mass is 256 g/mol. The molecule has 1 amide bonds. The molecule has 0 saturated heterocycles. The van der Waals surface area contributed by atoms with Crippen LogP contribution in [0, 0.1) is 0 Å². The maximum absolute atomic E-state index is 12.5. The van der Waals surface area contributed by atoms with Crippen LogP contribution in [-0.4, -0.2) is 25.5 Å². The smallest absolute Gasteiger partial charge is 0.246 e. The van der Waals surface area contributed by atoms with Gasteiger partial charge in [-0.1, -0.05) is 36.4 Å². The van der Waals surface area contributed by atoms with E-state index in [4.69, 9.17) is 0 Å². The Morgan fingerprint density at radius 1 is 1.11 bits per heavy atom. The van der Waals surface area contributed by atoms with Crippen molar-refractivity contribution in [3.8, 4) is 0 Å². The fourth-order valence-corrected chi connectivity index (χ4v) is 2.14. The number of likely N-dealkylation sites (N-methyl/N-ethyl adjacent to an activating group) is 2. The summed E-state index contributed by atoms with van der Waals surface area (Å²) < 4.78 is 0. The van der Waals surface area contributed by atoms with Crippen LogP contribution < -0.4 is 10.2 Å². The van der Waals surface area contributed by atoms with Crippen LogP contribution in [-0.2, 0) is 4.79 Å². The topological polar surface area (TPSA) is 32.3 Å². The molecule has 0 radical (unpaired) electrons. The molecule has 2 aromatic rings. The first-order chi connectivity index (χ1) is 8.97. The van der Waals surface area contributed by atoms with Gasteiger partial charge in [0.05, 0.1) is 11.2 Å². The molecule has 0 heterocycles. The van der Waals surface area contributed by atoms with Crippen molar-refractivity contribution in [1.82, 2.24) is 5.32 Å². The van der Waals surface area contributed by atoms with Gasteiger partial charge in [0.25, 0.3) is 0 Å². The number of anilines is 1. The van der Waals surface area contributed by atoms with Crippen molar-refractivity contribution in [2.75, 3.05) is 19.0 Å². The zero-order chi connectivity index (χ0) is 14.0. The Bertz CT molecular complexity index is 599. The van der Waals surface area contributed by atoms with Crippen LogP contribution in [0.2, 0.25) is 0 Å². The number of nitrogens with one attached hydrogen (secondary N) is 1. The molecule has 0 aromatic heterocycles. The van der Waals surface area contributed by atoms with Crippen molar-refractivity contribution in [1.29, 1.82) is 0 Å². The largest absolute Gasteiger partial charge is 0.313 e. The van der Waals surface area contributed by atoms with Crippen molar-refractivity contribution in [2.24, 2.45) is 0 Å². The van der Waals surface area contributed by atoms with Crippen molar-refractivity contribution in [3.63, 3.8) is 0 Å². The van der Waals surface area contributed by atoms with Gasteiger partial charge in [-0.05, 0) is 32.3 Å². The normalized spacial score (nSPS) is 11.6. The van der Waals surface area contributed by atoms with Crippen LogP contribution >= 0.6 is 0 Å². The van der Waals surface area contributed by atoms with Gasteiger partial charge in [0, 0.05) is 12.4 Å². The first-order valence-corrected chi connectivity index (χ1v) is 6.42. The molecular weight excluding hydrogens is 236 g/mol. The Labute approximate surface area is 114 Å². The highest BCUT2D eigenvalue weighted by Crippen LogP contribution is 2.27. The Balaban J connectivity index is 2.48. The summed E-state index contributed by atoms with van der Waals surface area (Å²) in [7, 11) is 3.62. The summed E-state index contributed by atoms with van der Waals surface area (Å²) in [6, 6.07) is 14.1. The molecule has 0 fully saturated rings. The summed E-state index contributed by atoms with van der Waals surface area (Å²) in [6.45, 7) is 3.77. The Morgan fingerprint density at radius 2 is 1.74 bits per heavy atom. The van der Waals surface area contributed by atoms with E-state index < -0.39 is 5.54 Å². The lowest BCUT2D eigenvalue weighted by atomic mass is 10.0. The van der Waals surface area contributed by atoms with Gasteiger partial charge < -0.3 is 10.2 Å². The van der Waals surface area contributed by atoms with E-state index in [2.05, 4.69) is 17.4 Å². The van der Waals surface area contributed by atoms with E-state index in [1.165, 1.54) is 0 Å². The van der Waals surface area contributed by atoms with Crippen LogP contribution in [0.4, 0.5) is 5.69 Å². The quantitative estimate of drug-likeness (QED) is 0.916. The summed E-state index contributed by atoms with van der Waals surface area (Å²) in [6.07, 6.45) is 0. The van der Waals surface area contributed by atoms with E-state index in [1.54, 1.807) is 11.9 Å². The van der Waals surface area contributed by atoms with E-state index >= 15 is 0 Å². The number of rotatable bonds is 3. The minimum atomic E-state index is -0.578. The Hall–Kier alpha value is -1.87. The molecule has 0 spiro atoms. The highest BCUT2D eigenvalue weighted by atomic mass is 16.2. The predicted octanol–water partition coefficient (Wildman–Crippen LogP) is 2.80. The Kier molecular flexibility index (Phi) is 3.58. The van der Waals surface area contributed by atoms with E-state index in [0.29, 0.717) is 0 Å². The fraction of sp³-hybridized carbons (Fsp3) is 0.312. The SMILES string of the molecule is CNC(C)(C)C(=O)N(C)c1cccc2ccccc12. The van der Waals surface area contributed by atoms with Gasteiger partial charge >= 0.3 is 0 Å². The molecule has 0 saturated carbocycles. The summed E-state index contributed by atoms with van der Waals surface area (Å²) in [4.78, 5) is 14.2. The number of fused-ring (bicyclic) bond motifs is 1. The molecule has 2 rings (SSSR count). The number of hydrogen-bond acceptors (Lipinski definition) is 2. The molecule has 3 nitrogen and oxygen atoms in total. The molecule has 100 valence electrons. The second-order valence-electron chi connectivity index (χ2n) is 5.24. The second-order valence-corrected chi connectivity index (χ2v) is 5.24. The zero-order valence-electron chi connectivity index (χ0n) is 11.9. The zero-order valence-corrected chi connectivity index (χ0v) is 11.9. The van der Waals surface area contributed by atoms with E-state index in [9.17, 15) is 4.79 Å². The standard InChI is InChI=1S/C16H20N2O/c1-16(2,17-3)15(19)18(4)14-11-7-9-12-8-5-6-10-13(12)14/h5-11,17H,1-4H3. The third-order valence-corrected chi connectivity index (χ3v) is 3.59. The third-order valence-electron chi connectivity index (χ3n) is 3.59. The molecule has 3 heteroatoms. The maximum atomic E-state index is 12.5. The minimum Gasteiger partial charge on any atom is -0.313 e. The summed E-state index contributed by atoms with van der Waals surface area (Å²) in [5.74, 6) is 0.0475. The average molecular weight is 256 g/mol. The molecule has 0 bridgehead atoms. The molecular formula is C16H20N2O. The van der Waals surface area contributed by atoms with Gasteiger partial charge in [0.1, 0.15) is 0 Å². The molecule has 0 aliphatic heterocycles. The van der Waals surface area contributed by atoms with Crippen molar-refractivity contribution in [3.05, 3.63) is 42.5 Å². The lowest BCUT2D eigenvalue weighted by molar-refractivity contribution is -0.123. The van der Waals surface area contributed by atoms with Gasteiger partial charge in [0.2, 0.25) is 5.91 Å². The van der Waals surface area contributed by atoms with Gasteiger partial charge in [-0.3, -0.25) is 4.79 Å². The highest BCUT2D eigenvalue weighted by molar-refractivity contribution is 6.06. The third kappa shape index (κ3) is 2.47. The van der Waals surface area contributed by atoms with Crippen LogP contribution in [0.15, 0.2) is 42.5 Å². The molecule has 0 aliphatic carbocycles. The van der Waals surface area contributed by atoms with Crippen molar-refractivity contribution < 1.29 is 4.79 Å². The van der Waals surface area contributed by atoms with Crippen LogP contribution in [0.5, 0.6) is 0 Å². The predicted molar refractivity (Wildman–Crippen MR) is 80.5 cm³/mol. The number of benzene rings is 2. The maximum Gasteiger partial charge on any atom is 0.246 e. The molecule has 1 N–H and O–H groups in total. The van der Waals surface area contributed by atoms with Crippen molar-refractivity contribution >= 4 is 22.4 Å². The summed E-state index contributed by atoms with van der Waals surface area (Å²) in [5, 5.41) is 5.28. The highest BCUT2D eigenvalue weighted by Gasteiger charge is 2.29. The molecule has 2 aromatic carbocycles. The number of carbonyl (C=O) groups excluding carboxylic acids is 1. The number of nitrogens with zero attached hydrogens (tertiary/aromatic N) is 1. The average Bonchev–Trinajstić information content (AvgIpc) is 2.45. The second kappa shape index (κ2) is 5.02. The lowest BCUT2D eigenvalue weighted by Crippen LogP contribution is -2.51. The molecule has 0 atom stereocenters. The first kappa shape index (κ1) is 13.6. The van der Waals surface area contributed by atoms with Crippen molar-refractivity contribution in [2.45, 2.75) is 19.4 Å².